The minimum absolute atomic E-state index is 0.0711. The summed E-state index contributed by atoms with van der Waals surface area (Å²) in [6, 6.07) is 5.47. The van der Waals surface area contributed by atoms with Gasteiger partial charge in [0.2, 0.25) is 6.79 Å². The number of aromatic nitrogens is 2. The Morgan fingerprint density at radius 1 is 1.05 bits per heavy atom. The van der Waals surface area contributed by atoms with E-state index in [0.29, 0.717) is 70.2 Å². The Bertz CT molecular complexity index is 1370. The zero-order chi connectivity index (χ0) is 27.0. The van der Waals surface area contributed by atoms with Crippen molar-refractivity contribution in [2.75, 3.05) is 72.4 Å². The zero-order valence-electron chi connectivity index (χ0n) is 22.0. The van der Waals surface area contributed by atoms with E-state index in [1.54, 1.807) is 20.3 Å². The molecule has 0 radical (unpaired) electrons. The molecule has 3 heterocycles. The van der Waals surface area contributed by atoms with E-state index in [-0.39, 0.29) is 6.79 Å². The van der Waals surface area contributed by atoms with Crippen LogP contribution in [0.15, 0.2) is 24.5 Å². The summed E-state index contributed by atoms with van der Waals surface area (Å²) in [4.78, 5) is 11.3. The van der Waals surface area contributed by atoms with Gasteiger partial charge in [0.25, 0.3) is 0 Å². The number of nitrogens with zero attached hydrogens (tertiary/aromatic N) is 3. The summed E-state index contributed by atoms with van der Waals surface area (Å²) in [5.74, 6) is 8.93. The predicted molar refractivity (Wildman–Crippen MR) is 148 cm³/mol. The first-order chi connectivity index (χ1) is 19.2. The van der Waals surface area contributed by atoms with Crippen LogP contribution in [0.4, 0.5) is 11.5 Å². The third-order valence-electron chi connectivity index (χ3n) is 6.39. The lowest BCUT2D eigenvalue weighted by atomic mass is 10.1. The van der Waals surface area contributed by atoms with Crippen LogP contribution in [0.5, 0.6) is 23.0 Å². The molecule has 0 spiro atoms. The number of morpholine rings is 1. The molecule has 1 aromatic heterocycles. The van der Waals surface area contributed by atoms with Gasteiger partial charge in [-0.15, -0.1) is 0 Å². The van der Waals surface area contributed by atoms with Gasteiger partial charge in [0.1, 0.15) is 17.8 Å². The van der Waals surface area contributed by atoms with Crippen molar-refractivity contribution in [3.8, 4) is 34.8 Å². The number of methoxy groups -OCH3 is 2. The van der Waals surface area contributed by atoms with E-state index in [1.165, 1.54) is 6.33 Å². The number of hydrogen-bond acceptors (Lipinski definition) is 10. The molecule has 11 heteroatoms. The highest BCUT2D eigenvalue weighted by atomic mass is 35.5. The quantitative estimate of drug-likeness (QED) is 0.289. The average molecular weight is 555 g/mol. The number of halogens is 1. The van der Waals surface area contributed by atoms with Crippen LogP contribution in [0.25, 0.3) is 10.9 Å². The Kier molecular flexibility index (Phi) is 9.06. The summed E-state index contributed by atoms with van der Waals surface area (Å²) in [5.41, 5.74) is 1.88. The van der Waals surface area contributed by atoms with Gasteiger partial charge in [0.05, 0.1) is 49.6 Å². The summed E-state index contributed by atoms with van der Waals surface area (Å²) in [6.45, 7) is 5.64. The Morgan fingerprint density at radius 3 is 2.72 bits per heavy atom. The van der Waals surface area contributed by atoms with E-state index in [9.17, 15) is 0 Å². The Hall–Kier alpha value is -3.49. The van der Waals surface area contributed by atoms with E-state index in [1.807, 2.05) is 12.1 Å². The van der Waals surface area contributed by atoms with E-state index in [2.05, 4.69) is 32.0 Å². The second-order valence-electron chi connectivity index (χ2n) is 8.91. The highest BCUT2D eigenvalue weighted by molar-refractivity contribution is 6.34. The van der Waals surface area contributed by atoms with Crippen LogP contribution >= 0.6 is 11.6 Å². The molecule has 1 N–H and O–H groups in total. The number of rotatable bonds is 10. The number of hydrogen-bond donors (Lipinski definition) is 1. The molecule has 5 rings (SSSR count). The van der Waals surface area contributed by atoms with Crippen molar-refractivity contribution in [2.24, 2.45) is 0 Å². The summed E-state index contributed by atoms with van der Waals surface area (Å²) in [5, 5.41) is 4.47. The average Bonchev–Trinajstić information content (AvgIpc) is 3.46. The predicted octanol–water partition coefficient (Wildman–Crippen LogP) is 4.25. The molecule has 1 saturated heterocycles. The van der Waals surface area contributed by atoms with Crippen LogP contribution < -0.4 is 24.3 Å². The fourth-order valence-corrected chi connectivity index (χ4v) is 4.65. The Morgan fingerprint density at radius 2 is 1.90 bits per heavy atom. The summed E-state index contributed by atoms with van der Waals surface area (Å²) in [7, 11) is 3.25. The van der Waals surface area contributed by atoms with Crippen molar-refractivity contribution < 1.29 is 28.4 Å². The maximum Gasteiger partial charge on any atom is 0.231 e. The molecule has 0 unspecified atom stereocenters. The smallest absolute Gasteiger partial charge is 0.231 e. The van der Waals surface area contributed by atoms with Crippen LogP contribution in [-0.4, -0.2) is 81.9 Å². The molecule has 2 aliphatic heterocycles. The molecule has 39 heavy (non-hydrogen) atoms. The van der Waals surface area contributed by atoms with Crippen LogP contribution in [0, 0.1) is 11.8 Å². The Labute approximate surface area is 232 Å². The highest BCUT2D eigenvalue weighted by Gasteiger charge is 2.25. The van der Waals surface area contributed by atoms with E-state index < -0.39 is 0 Å². The lowest BCUT2D eigenvalue weighted by Gasteiger charge is -2.26. The third-order valence-corrected chi connectivity index (χ3v) is 6.69. The van der Waals surface area contributed by atoms with Gasteiger partial charge in [-0.2, -0.15) is 0 Å². The summed E-state index contributed by atoms with van der Waals surface area (Å²) in [6.07, 6.45) is 2.98. The fraction of sp³-hybridized carbons (Fsp3) is 0.429. The van der Waals surface area contributed by atoms with Gasteiger partial charge >= 0.3 is 0 Å². The van der Waals surface area contributed by atoms with Gasteiger partial charge in [-0.3, -0.25) is 4.90 Å². The minimum Gasteiger partial charge on any atom is -0.493 e. The van der Waals surface area contributed by atoms with Crippen molar-refractivity contribution in [1.82, 2.24) is 14.9 Å². The maximum atomic E-state index is 6.68. The molecule has 0 amide bonds. The lowest BCUT2D eigenvalue weighted by molar-refractivity contribution is 0.0357. The van der Waals surface area contributed by atoms with Gasteiger partial charge in [0.15, 0.2) is 23.0 Å². The number of anilines is 2. The molecule has 1 fully saturated rings. The van der Waals surface area contributed by atoms with Crippen LogP contribution in [-0.2, 0) is 9.47 Å². The first-order valence-electron chi connectivity index (χ1n) is 12.8. The summed E-state index contributed by atoms with van der Waals surface area (Å²) >= 11 is 6.68. The largest absolute Gasteiger partial charge is 0.493 e. The maximum absolute atomic E-state index is 6.68. The molecule has 2 aliphatic rings. The fourth-order valence-electron chi connectivity index (χ4n) is 4.41. The first kappa shape index (κ1) is 27.1. The van der Waals surface area contributed by atoms with Crippen molar-refractivity contribution in [3.63, 3.8) is 0 Å². The third kappa shape index (κ3) is 6.40. The molecule has 0 atom stereocenters. The molecule has 0 bridgehead atoms. The number of ether oxygens (including phenoxy) is 6. The van der Waals surface area contributed by atoms with Crippen molar-refractivity contribution in [3.05, 3.63) is 35.1 Å². The molecule has 3 aromatic rings. The van der Waals surface area contributed by atoms with Crippen LogP contribution in [0.1, 0.15) is 18.4 Å². The van der Waals surface area contributed by atoms with Gasteiger partial charge in [-0.1, -0.05) is 23.4 Å². The van der Waals surface area contributed by atoms with Gasteiger partial charge in [0, 0.05) is 44.6 Å². The lowest BCUT2D eigenvalue weighted by Crippen LogP contribution is -2.37. The Balaban J connectivity index is 1.36. The molecule has 206 valence electrons. The van der Waals surface area contributed by atoms with E-state index in [4.69, 9.17) is 40.0 Å². The highest BCUT2D eigenvalue weighted by Crippen LogP contribution is 2.47. The summed E-state index contributed by atoms with van der Waals surface area (Å²) < 4.78 is 33.7. The van der Waals surface area contributed by atoms with E-state index >= 15 is 0 Å². The normalized spacial score (nSPS) is 14.6. The number of benzene rings is 2. The van der Waals surface area contributed by atoms with Crippen molar-refractivity contribution in [2.45, 2.75) is 12.8 Å². The second kappa shape index (κ2) is 13.0. The standard InChI is InChI=1S/C28H31ClN4O6/c1-34-10-4-3-6-19-14-21(29)25(27-26(19)38-18-39-27)32-28-20-15-23(35-2)24(16-22(20)30-17-31-28)37-11-5-7-33-8-12-36-13-9-33/h14-17H,4-5,7-13,18H2,1-2H3,(H,30,31,32). The molecular weight excluding hydrogens is 524 g/mol. The van der Waals surface area contributed by atoms with Gasteiger partial charge in [-0.05, 0) is 18.6 Å². The van der Waals surface area contributed by atoms with Gasteiger partial charge in [-0.25, -0.2) is 9.97 Å². The van der Waals surface area contributed by atoms with Crippen molar-refractivity contribution >= 4 is 34.0 Å². The van der Waals surface area contributed by atoms with Crippen LogP contribution in [0.3, 0.4) is 0 Å². The SMILES string of the molecule is COCCC#Cc1cc(Cl)c(Nc2ncnc3cc(OCCCN4CCOCC4)c(OC)cc23)c2c1OCO2. The monoisotopic (exact) mass is 554 g/mol. The number of nitrogens with one attached hydrogen (secondary N) is 1. The molecule has 0 aliphatic carbocycles. The zero-order valence-corrected chi connectivity index (χ0v) is 22.8. The molecule has 10 nitrogen and oxygen atoms in total. The molecule has 0 saturated carbocycles. The minimum atomic E-state index is 0.0711. The molecule has 2 aromatic carbocycles. The first-order valence-corrected chi connectivity index (χ1v) is 13.2. The van der Waals surface area contributed by atoms with Gasteiger partial charge < -0.3 is 33.7 Å². The number of fused-ring (bicyclic) bond motifs is 2. The topological polar surface area (TPSA) is 96.4 Å². The molecular formula is C28H31ClN4O6. The second-order valence-corrected chi connectivity index (χ2v) is 9.32. The van der Waals surface area contributed by atoms with Crippen LogP contribution in [0.2, 0.25) is 5.02 Å². The van der Waals surface area contributed by atoms with Crippen molar-refractivity contribution in [1.29, 1.82) is 0 Å². The van der Waals surface area contributed by atoms with E-state index in [0.717, 1.165) is 44.7 Å².